The van der Waals surface area contributed by atoms with Gasteiger partial charge in [0.05, 0.1) is 26.4 Å². The highest BCUT2D eigenvalue weighted by atomic mass is 31.2. The number of hydrogen-bond acceptors (Lipinski definition) is 15. The van der Waals surface area contributed by atoms with E-state index in [1.807, 2.05) is 0 Å². The molecular formula is C97H190O17P2. The Hall–Kier alpha value is -1.94. The summed E-state index contributed by atoms with van der Waals surface area (Å²) in [4.78, 5) is 73.6. The van der Waals surface area contributed by atoms with Crippen LogP contribution in [-0.4, -0.2) is 96.7 Å². The molecule has 19 heteroatoms. The van der Waals surface area contributed by atoms with Gasteiger partial charge in [-0.05, 0) is 31.6 Å². The minimum atomic E-state index is -4.97. The van der Waals surface area contributed by atoms with E-state index in [0.29, 0.717) is 25.7 Å². The molecule has 0 aliphatic heterocycles. The second-order valence-electron chi connectivity index (χ2n) is 35.1. The smallest absolute Gasteiger partial charge is 0.462 e. The molecule has 3 N–H and O–H groups in total. The van der Waals surface area contributed by atoms with Gasteiger partial charge in [0.2, 0.25) is 0 Å². The van der Waals surface area contributed by atoms with Gasteiger partial charge in [-0.25, -0.2) is 9.13 Å². The molecule has 0 aromatic carbocycles. The van der Waals surface area contributed by atoms with Crippen LogP contribution in [0.4, 0.5) is 0 Å². The van der Waals surface area contributed by atoms with Crippen LogP contribution >= 0.6 is 15.6 Å². The largest absolute Gasteiger partial charge is 0.472 e. The van der Waals surface area contributed by atoms with E-state index in [0.717, 1.165) is 95.8 Å². The fourth-order valence-electron chi connectivity index (χ4n) is 15.4. The van der Waals surface area contributed by atoms with Gasteiger partial charge >= 0.3 is 39.5 Å². The first-order chi connectivity index (χ1) is 56.6. The van der Waals surface area contributed by atoms with Gasteiger partial charge in [0.25, 0.3) is 0 Å². The van der Waals surface area contributed by atoms with Crippen LogP contribution in [0, 0.1) is 5.92 Å². The van der Waals surface area contributed by atoms with Crippen LogP contribution in [0.25, 0.3) is 0 Å². The summed E-state index contributed by atoms with van der Waals surface area (Å²) in [6.45, 7) is 7.50. The van der Waals surface area contributed by atoms with Gasteiger partial charge < -0.3 is 33.8 Å². The fraction of sp³-hybridized carbons (Fsp3) is 0.959. The van der Waals surface area contributed by atoms with Gasteiger partial charge in [-0.1, -0.05) is 484 Å². The predicted octanol–water partition coefficient (Wildman–Crippen LogP) is 30.7. The Bertz CT molecular complexity index is 2190. The third kappa shape index (κ3) is 88.4. The molecule has 3 unspecified atom stereocenters. The number of unbranched alkanes of at least 4 members (excludes halogenated alkanes) is 68. The number of esters is 4. The molecule has 0 aromatic rings. The predicted molar refractivity (Wildman–Crippen MR) is 483 cm³/mol. The molecule has 0 amide bonds. The zero-order chi connectivity index (χ0) is 84.7. The average molecular weight is 1690 g/mol. The lowest BCUT2D eigenvalue weighted by Gasteiger charge is -2.21. The van der Waals surface area contributed by atoms with E-state index in [1.165, 1.54) is 360 Å². The summed E-state index contributed by atoms with van der Waals surface area (Å²) in [6, 6.07) is 0. The highest BCUT2D eigenvalue weighted by Gasteiger charge is 2.31. The van der Waals surface area contributed by atoms with Crippen molar-refractivity contribution in [3.8, 4) is 0 Å². The molecule has 0 bridgehead atoms. The number of hydrogen-bond donors (Lipinski definition) is 3. The molecule has 690 valence electrons. The summed E-state index contributed by atoms with van der Waals surface area (Å²) in [7, 11) is -9.94. The third-order valence-electron chi connectivity index (χ3n) is 23.4. The van der Waals surface area contributed by atoms with Crippen molar-refractivity contribution in [3.63, 3.8) is 0 Å². The Balaban J connectivity index is 5.25. The lowest BCUT2D eigenvalue weighted by Crippen LogP contribution is -2.30. The maximum atomic E-state index is 13.2. The highest BCUT2D eigenvalue weighted by Crippen LogP contribution is 2.45. The minimum absolute atomic E-state index is 0.110. The van der Waals surface area contributed by atoms with E-state index in [1.54, 1.807) is 0 Å². The van der Waals surface area contributed by atoms with Crippen molar-refractivity contribution in [2.45, 2.75) is 554 Å². The molecule has 0 radical (unpaired) electrons. The zero-order valence-corrected chi connectivity index (χ0v) is 78.4. The fourth-order valence-corrected chi connectivity index (χ4v) is 17.0. The van der Waals surface area contributed by atoms with Crippen molar-refractivity contribution in [1.82, 2.24) is 0 Å². The molecule has 17 nitrogen and oxygen atoms in total. The second-order valence-corrected chi connectivity index (χ2v) is 38.0. The summed E-state index contributed by atoms with van der Waals surface area (Å²) in [6.07, 6.45) is 87.6. The van der Waals surface area contributed by atoms with Crippen LogP contribution in [0.5, 0.6) is 0 Å². The number of phosphoric acid groups is 2. The van der Waals surface area contributed by atoms with Gasteiger partial charge in [0.1, 0.15) is 19.3 Å². The Morgan fingerprint density at radius 2 is 0.414 bits per heavy atom. The summed E-state index contributed by atoms with van der Waals surface area (Å²) >= 11 is 0. The molecule has 0 rings (SSSR count). The van der Waals surface area contributed by atoms with Crippen LogP contribution in [0.2, 0.25) is 0 Å². The molecule has 0 saturated carbocycles. The van der Waals surface area contributed by atoms with E-state index in [2.05, 4.69) is 34.6 Å². The van der Waals surface area contributed by atoms with Crippen molar-refractivity contribution in [2.24, 2.45) is 5.92 Å². The van der Waals surface area contributed by atoms with E-state index in [9.17, 15) is 43.2 Å². The van der Waals surface area contributed by atoms with Crippen LogP contribution < -0.4 is 0 Å². The van der Waals surface area contributed by atoms with Gasteiger partial charge in [-0.3, -0.25) is 37.3 Å². The Morgan fingerprint density at radius 3 is 0.612 bits per heavy atom. The summed E-state index contributed by atoms with van der Waals surface area (Å²) in [5.41, 5.74) is 0. The van der Waals surface area contributed by atoms with Crippen LogP contribution in [0.1, 0.15) is 535 Å². The minimum Gasteiger partial charge on any atom is -0.462 e. The number of rotatable bonds is 97. The monoisotopic (exact) mass is 1690 g/mol. The molecular weight excluding hydrogens is 1500 g/mol. The van der Waals surface area contributed by atoms with Crippen LogP contribution in [0.15, 0.2) is 0 Å². The molecule has 0 fully saturated rings. The molecule has 0 aromatic heterocycles. The van der Waals surface area contributed by atoms with Crippen LogP contribution in [0.3, 0.4) is 0 Å². The number of aliphatic hydroxyl groups is 1. The standard InChI is InChI=1S/C97H190O17P2/c1-6-10-13-16-19-22-25-28-30-32-34-35-36-38-42-46-51-56-61-66-71-76-81-95(100)108-87-93(114-97(102)83-78-73-68-63-58-53-48-44-40-39-41-45-50-54-59-64-69-74-79-90(5)9-4)89-112-116(105,106)110-85-91(98)84-109-115(103,104)111-88-92(86-107-94(99)80-75-70-65-60-55-49-27-24-21-18-15-12-8-3)113-96(101)82-77-72-67-62-57-52-47-43-37-33-31-29-26-23-20-17-14-11-7-2/h90-93,98H,6-89H2,1-5H3,(H,103,104)(H,105,106)/t90?,91-,92+,93+/m0/s1. The first-order valence-corrected chi connectivity index (χ1v) is 53.2. The van der Waals surface area contributed by atoms with E-state index in [-0.39, 0.29) is 25.7 Å². The molecule has 0 aliphatic carbocycles. The molecule has 6 atom stereocenters. The normalized spacial score (nSPS) is 13.8. The number of carbonyl (C=O) groups excluding carboxylic acids is 4. The SMILES string of the molecule is CCCCCCCCCCCCCCCCCCCCCCCCC(=O)OC[C@H](COP(=O)(O)OC[C@@H](O)COP(=O)(O)OC[C@@H](COC(=O)CCCCCCCCCCCCCCC)OC(=O)CCCCCCCCCCCCCCCCCCCCC)OC(=O)CCCCCCCCCCCCCCCCCCCCC(C)CC. The van der Waals surface area contributed by atoms with Crippen molar-refractivity contribution < 1.29 is 80.2 Å². The highest BCUT2D eigenvalue weighted by molar-refractivity contribution is 7.47. The maximum absolute atomic E-state index is 13.2. The Labute approximate surface area is 715 Å². The number of phosphoric ester groups is 2. The summed E-state index contributed by atoms with van der Waals surface area (Å²) in [5, 5.41) is 10.7. The van der Waals surface area contributed by atoms with E-state index in [4.69, 9.17) is 37.0 Å². The first kappa shape index (κ1) is 114. The lowest BCUT2D eigenvalue weighted by molar-refractivity contribution is -0.161. The van der Waals surface area contributed by atoms with Gasteiger partial charge in [0.15, 0.2) is 12.2 Å². The van der Waals surface area contributed by atoms with Crippen molar-refractivity contribution >= 4 is 39.5 Å². The van der Waals surface area contributed by atoms with Crippen LogP contribution in [-0.2, 0) is 65.4 Å². The summed E-state index contributed by atoms with van der Waals surface area (Å²) in [5.74, 6) is -1.21. The van der Waals surface area contributed by atoms with Gasteiger partial charge in [-0.2, -0.15) is 0 Å². The topological polar surface area (TPSA) is 237 Å². The van der Waals surface area contributed by atoms with Crippen molar-refractivity contribution in [1.29, 1.82) is 0 Å². The third-order valence-corrected chi connectivity index (χ3v) is 25.3. The Morgan fingerprint density at radius 1 is 0.241 bits per heavy atom. The van der Waals surface area contributed by atoms with E-state index < -0.39 is 97.5 Å². The lowest BCUT2D eigenvalue weighted by atomic mass is 9.99. The number of ether oxygens (including phenoxy) is 4. The molecule has 0 saturated heterocycles. The molecule has 116 heavy (non-hydrogen) atoms. The zero-order valence-electron chi connectivity index (χ0n) is 76.7. The van der Waals surface area contributed by atoms with Crippen molar-refractivity contribution in [2.75, 3.05) is 39.6 Å². The van der Waals surface area contributed by atoms with Gasteiger partial charge in [-0.15, -0.1) is 0 Å². The second kappa shape index (κ2) is 89.3. The first-order valence-electron chi connectivity index (χ1n) is 50.2. The molecule has 0 aliphatic rings. The van der Waals surface area contributed by atoms with Gasteiger partial charge in [0, 0.05) is 25.7 Å². The number of aliphatic hydroxyl groups excluding tert-OH is 1. The maximum Gasteiger partial charge on any atom is 0.472 e. The molecule has 0 spiro atoms. The summed E-state index contributed by atoms with van der Waals surface area (Å²) < 4.78 is 69.3. The quantitative estimate of drug-likeness (QED) is 0.0222. The van der Waals surface area contributed by atoms with E-state index >= 15 is 0 Å². The Kier molecular flexibility index (Phi) is 87.8. The average Bonchev–Trinajstić information content (AvgIpc) is 0.893. The molecule has 0 heterocycles. The van der Waals surface area contributed by atoms with Crippen molar-refractivity contribution in [3.05, 3.63) is 0 Å². The number of carbonyl (C=O) groups is 4.